The topological polar surface area (TPSA) is 75.3 Å². The van der Waals surface area contributed by atoms with Gasteiger partial charge in [0.15, 0.2) is 11.6 Å². The summed E-state index contributed by atoms with van der Waals surface area (Å²) in [6, 6.07) is 8.28. The van der Waals surface area contributed by atoms with Crippen LogP contribution in [-0.2, 0) is 10.0 Å². The second-order valence-electron chi connectivity index (χ2n) is 5.39. The van der Waals surface area contributed by atoms with Crippen LogP contribution in [0.5, 0.6) is 0 Å². The Morgan fingerprint density at radius 1 is 1.08 bits per heavy atom. The third-order valence-corrected chi connectivity index (χ3v) is 5.11. The zero-order valence-electron chi connectivity index (χ0n) is 13.7. The highest BCUT2D eigenvalue weighted by Gasteiger charge is 2.16. The molecule has 134 valence electrons. The first-order chi connectivity index (χ1) is 11.7. The second kappa shape index (κ2) is 7.71. The Morgan fingerprint density at radius 2 is 1.72 bits per heavy atom. The molecule has 1 amide bonds. The van der Waals surface area contributed by atoms with Crippen LogP contribution in [0, 0.1) is 11.6 Å². The Morgan fingerprint density at radius 3 is 2.28 bits per heavy atom. The SMILES string of the molecule is CCNS(=O)(=O)c1ccc(C(=O)NC(C)c2ccc(F)c(F)c2)cc1. The van der Waals surface area contributed by atoms with Gasteiger partial charge in [-0.15, -0.1) is 0 Å². The number of carbonyl (C=O) groups is 1. The number of hydrogen-bond acceptors (Lipinski definition) is 3. The van der Waals surface area contributed by atoms with Gasteiger partial charge in [0.25, 0.3) is 5.91 Å². The molecule has 0 aliphatic carbocycles. The fourth-order valence-corrected chi connectivity index (χ4v) is 3.24. The summed E-state index contributed by atoms with van der Waals surface area (Å²) >= 11 is 0. The summed E-state index contributed by atoms with van der Waals surface area (Å²) in [5.74, 6) is -2.40. The van der Waals surface area contributed by atoms with Crippen molar-refractivity contribution in [1.29, 1.82) is 0 Å². The molecule has 1 atom stereocenters. The predicted molar refractivity (Wildman–Crippen MR) is 89.5 cm³/mol. The van der Waals surface area contributed by atoms with Gasteiger partial charge >= 0.3 is 0 Å². The zero-order chi connectivity index (χ0) is 18.6. The Balaban J connectivity index is 2.11. The molecule has 0 radical (unpaired) electrons. The lowest BCUT2D eigenvalue weighted by Gasteiger charge is -2.15. The molecule has 0 aromatic heterocycles. The number of nitrogens with one attached hydrogen (secondary N) is 2. The van der Waals surface area contributed by atoms with Gasteiger partial charge in [-0.05, 0) is 48.9 Å². The molecular formula is C17H18F2N2O3S. The van der Waals surface area contributed by atoms with Crippen LogP contribution in [0.3, 0.4) is 0 Å². The summed E-state index contributed by atoms with van der Waals surface area (Å²) in [6.45, 7) is 3.56. The monoisotopic (exact) mass is 368 g/mol. The number of carbonyl (C=O) groups excluding carboxylic acids is 1. The maximum Gasteiger partial charge on any atom is 0.251 e. The number of benzene rings is 2. The Hall–Kier alpha value is -2.32. The molecule has 0 aliphatic rings. The minimum Gasteiger partial charge on any atom is -0.346 e. The lowest BCUT2D eigenvalue weighted by molar-refractivity contribution is 0.0939. The van der Waals surface area contributed by atoms with E-state index in [0.717, 1.165) is 12.1 Å². The molecule has 2 N–H and O–H groups in total. The van der Waals surface area contributed by atoms with Crippen LogP contribution >= 0.6 is 0 Å². The van der Waals surface area contributed by atoms with E-state index in [4.69, 9.17) is 0 Å². The van der Waals surface area contributed by atoms with Crippen molar-refractivity contribution >= 4 is 15.9 Å². The number of hydrogen-bond donors (Lipinski definition) is 2. The molecule has 8 heteroatoms. The van der Waals surface area contributed by atoms with Gasteiger partial charge in [0, 0.05) is 12.1 Å². The third-order valence-electron chi connectivity index (χ3n) is 3.55. The van der Waals surface area contributed by atoms with Gasteiger partial charge in [-0.1, -0.05) is 13.0 Å². The number of halogens is 2. The maximum absolute atomic E-state index is 13.3. The van der Waals surface area contributed by atoms with Crippen molar-refractivity contribution in [2.24, 2.45) is 0 Å². The van der Waals surface area contributed by atoms with E-state index < -0.39 is 33.6 Å². The van der Waals surface area contributed by atoms with E-state index in [1.807, 2.05) is 0 Å². The molecule has 1 unspecified atom stereocenters. The molecule has 0 fully saturated rings. The number of amides is 1. The molecule has 2 aromatic carbocycles. The fraction of sp³-hybridized carbons (Fsp3) is 0.235. The van der Waals surface area contributed by atoms with E-state index in [0.29, 0.717) is 5.56 Å². The summed E-state index contributed by atoms with van der Waals surface area (Å²) in [7, 11) is -3.59. The summed E-state index contributed by atoms with van der Waals surface area (Å²) in [5.41, 5.74) is 0.670. The van der Waals surface area contributed by atoms with Crippen molar-refractivity contribution in [3.63, 3.8) is 0 Å². The lowest BCUT2D eigenvalue weighted by atomic mass is 10.1. The van der Waals surface area contributed by atoms with Crippen molar-refractivity contribution in [1.82, 2.24) is 10.0 Å². The summed E-state index contributed by atoms with van der Waals surface area (Å²) in [4.78, 5) is 12.3. The summed E-state index contributed by atoms with van der Waals surface area (Å²) in [6.07, 6.45) is 0. The van der Waals surface area contributed by atoms with Gasteiger partial charge in [-0.25, -0.2) is 21.9 Å². The van der Waals surface area contributed by atoms with E-state index in [2.05, 4.69) is 10.0 Å². The highest BCUT2D eigenvalue weighted by Crippen LogP contribution is 2.17. The standard InChI is InChI=1S/C17H18F2N2O3S/c1-3-20-25(23,24)14-7-4-12(5-8-14)17(22)21-11(2)13-6-9-15(18)16(19)10-13/h4-11,20H,3H2,1-2H3,(H,21,22). The molecule has 0 bridgehead atoms. The molecule has 0 saturated heterocycles. The Labute approximate surface area is 145 Å². The van der Waals surface area contributed by atoms with E-state index >= 15 is 0 Å². The van der Waals surface area contributed by atoms with Crippen LogP contribution in [0.4, 0.5) is 8.78 Å². The number of rotatable bonds is 6. The molecule has 2 aromatic rings. The van der Waals surface area contributed by atoms with Crippen LogP contribution < -0.4 is 10.0 Å². The zero-order valence-corrected chi connectivity index (χ0v) is 14.5. The van der Waals surface area contributed by atoms with Gasteiger partial charge in [0.2, 0.25) is 10.0 Å². The largest absolute Gasteiger partial charge is 0.346 e. The first-order valence-corrected chi connectivity index (χ1v) is 9.08. The van der Waals surface area contributed by atoms with Gasteiger partial charge in [-0.3, -0.25) is 4.79 Å². The quantitative estimate of drug-likeness (QED) is 0.823. The van der Waals surface area contributed by atoms with Crippen molar-refractivity contribution in [2.45, 2.75) is 24.8 Å². The first kappa shape index (κ1) is 19.0. The predicted octanol–water partition coefficient (Wildman–Crippen LogP) is 2.75. The number of sulfonamides is 1. The highest BCUT2D eigenvalue weighted by molar-refractivity contribution is 7.89. The van der Waals surface area contributed by atoms with Crippen molar-refractivity contribution in [3.05, 3.63) is 65.2 Å². The van der Waals surface area contributed by atoms with Crippen molar-refractivity contribution in [3.8, 4) is 0 Å². The second-order valence-corrected chi connectivity index (χ2v) is 7.16. The molecular weight excluding hydrogens is 350 g/mol. The lowest BCUT2D eigenvalue weighted by Crippen LogP contribution is -2.27. The molecule has 0 spiro atoms. The molecule has 25 heavy (non-hydrogen) atoms. The average molecular weight is 368 g/mol. The van der Waals surface area contributed by atoms with E-state index in [9.17, 15) is 22.0 Å². The summed E-state index contributed by atoms with van der Waals surface area (Å²) in [5, 5.41) is 2.65. The third kappa shape index (κ3) is 4.61. The van der Waals surface area contributed by atoms with Crippen LogP contribution in [0.2, 0.25) is 0 Å². The van der Waals surface area contributed by atoms with Crippen LogP contribution in [0.25, 0.3) is 0 Å². The Kier molecular flexibility index (Phi) is 5.86. The average Bonchev–Trinajstić information content (AvgIpc) is 2.57. The summed E-state index contributed by atoms with van der Waals surface area (Å²) < 4.78 is 52.3. The van der Waals surface area contributed by atoms with Gasteiger partial charge in [0.1, 0.15) is 0 Å². The van der Waals surface area contributed by atoms with E-state index in [1.165, 1.54) is 30.3 Å². The highest BCUT2D eigenvalue weighted by atomic mass is 32.2. The normalized spacial score (nSPS) is 12.6. The Bertz CT molecular complexity index is 868. The maximum atomic E-state index is 13.3. The molecule has 0 saturated carbocycles. The van der Waals surface area contributed by atoms with Crippen molar-refractivity contribution in [2.75, 3.05) is 6.54 Å². The van der Waals surface area contributed by atoms with Crippen LogP contribution in [-0.4, -0.2) is 20.9 Å². The van der Waals surface area contributed by atoms with Crippen LogP contribution in [0.15, 0.2) is 47.4 Å². The molecule has 0 aliphatic heterocycles. The van der Waals surface area contributed by atoms with Gasteiger partial charge < -0.3 is 5.32 Å². The molecule has 2 rings (SSSR count). The fourth-order valence-electron chi connectivity index (χ4n) is 2.20. The van der Waals surface area contributed by atoms with Crippen molar-refractivity contribution < 1.29 is 22.0 Å². The van der Waals surface area contributed by atoms with E-state index in [-0.39, 0.29) is 17.0 Å². The minimum atomic E-state index is -3.59. The van der Waals surface area contributed by atoms with Gasteiger partial charge in [0.05, 0.1) is 10.9 Å². The molecule has 5 nitrogen and oxygen atoms in total. The minimum absolute atomic E-state index is 0.0551. The van der Waals surface area contributed by atoms with Gasteiger partial charge in [-0.2, -0.15) is 0 Å². The van der Waals surface area contributed by atoms with Crippen LogP contribution in [0.1, 0.15) is 35.8 Å². The van der Waals surface area contributed by atoms with E-state index in [1.54, 1.807) is 13.8 Å². The first-order valence-electron chi connectivity index (χ1n) is 7.60. The smallest absolute Gasteiger partial charge is 0.251 e. The molecule has 0 heterocycles.